The lowest BCUT2D eigenvalue weighted by atomic mass is 10.3. The number of benzene rings is 1. The van der Waals surface area contributed by atoms with Crippen LogP contribution < -0.4 is 15.4 Å². The van der Waals surface area contributed by atoms with E-state index < -0.39 is 0 Å². The molecular formula is C16H17N3O2. The molecule has 0 aliphatic heterocycles. The van der Waals surface area contributed by atoms with Crippen molar-refractivity contribution in [2.45, 2.75) is 6.54 Å². The third-order valence-electron chi connectivity index (χ3n) is 2.82. The van der Waals surface area contributed by atoms with Crippen LogP contribution in [0.4, 0.5) is 5.69 Å². The van der Waals surface area contributed by atoms with Crippen molar-refractivity contribution in [3.8, 4) is 5.75 Å². The van der Waals surface area contributed by atoms with Crippen molar-refractivity contribution >= 4 is 11.6 Å². The van der Waals surface area contributed by atoms with E-state index in [4.69, 9.17) is 4.74 Å². The van der Waals surface area contributed by atoms with Crippen LogP contribution in [-0.2, 0) is 11.3 Å². The Morgan fingerprint density at radius 3 is 2.62 bits per heavy atom. The second-order valence-electron chi connectivity index (χ2n) is 4.34. The lowest BCUT2D eigenvalue weighted by molar-refractivity contribution is -0.117. The predicted molar refractivity (Wildman–Crippen MR) is 81.8 cm³/mol. The molecule has 108 valence electrons. The maximum atomic E-state index is 11.9. The number of nitrogens with one attached hydrogen (secondary N) is 2. The number of ether oxygens (including phenoxy) is 1. The standard InChI is InChI=1S/C16H17N3O2/c1-12(19-13-6-8-15(21-2)9-7-13)16(20)18-11-14-5-3-4-10-17-14/h3-10,19H,1,11H2,2H3,(H,18,20). The van der Waals surface area contributed by atoms with Crippen molar-refractivity contribution in [2.24, 2.45) is 0 Å². The van der Waals surface area contributed by atoms with E-state index in [0.29, 0.717) is 6.54 Å². The van der Waals surface area contributed by atoms with Gasteiger partial charge in [0.2, 0.25) is 0 Å². The Bertz CT molecular complexity index is 609. The molecule has 0 aliphatic rings. The molecule has 0 saturated heterocycles. The summed E-state index contributed by atoms with van der Waals surface area (Å²) in [4.78, 5) is 16.1. The highest BCUT2D eigenvalue weighted by Gasteiger charge is 2.07. The van der Waals surface area contributed by atoms with E-state index in [1.165, 1.54) is 0 Å². The summed E-state index contributed by atoms with van der Waals surface area (Å²) in [7, 11) is 1.60. The van der Waals surface area contributed by atoms with Crippen LogP contribution in [0.25, 0.3) is 0 Å². The van der Waals surface area contributed by atoms with E-state index in [1.54, 1.807) is 25.4 Å². The number of methoxy groups -OCH3 is 1. The summed E-state index contributed by atoms with van der Waals surface area (Å²) in [6.45, 7) is 4.09. The van der Waals surface area contributed by atoms with Crippen LogP contribution in [0, 0.1) is 0 Å². The van der Waals surface area contributed by atoms with E-state index in [2.05, 4.69) is 22.2 Å². The average molecular weight is 283 g/mol. The van der Waals surface area contributed by atoms with E-state index in [9.17, 15) is 4.79 Å². The molecule has 1 amide bonds. The van der Waals surface area contributed by atoms with Crippen LogP contribution in [0.5, 0.6) is 5.75 Å². The van der Waals surface area contributed by atoms with Crippen LogP contribution in [-0.4, -0.2) is 18.0 Å². The van der Waals surface area contributed by atoms with E-state index in [1.807, 2.05) is 30.3 Å². The summed E-state index contributed by atoms with van der Waals surface area (Å²) in [6.07, 6.45) is 1.69. The minimum absolute atomic E-state index is 0.267. The molecule has 2 rings (SSSR count). The molecule has 0 atom stereocenters. The zero-order chi connectivity index (χ0) is 15.1. The molecule has 5 nitrogen and oxygen atoms in total. The zero-order valence-corrected chi connectivity index (χ0v) is 11.8. The minimum Gasteiger partial charge on any atom is -0.497 e. The largest absolute Gasteiger partial charge is 0.497 e. The van der Waals surface area contributed by atoms with Crippen LogP contribution >= 0.6 is 0 Å². The first kappa shape index (κ1) is 14.6. The average Bonchev–Trinajstić information content (AvgIpc) is 2.54. The predicted octanol–water partition coefficient (Wildman–Crippen LogP) is 2.33. The molecule has 1 aromatic heterocycles. The van der Waals surface area contributed by atoms with Gasteiger partial charge in [-0.15, -0.1) is 0 Å². The van der Waals surface area contributed by atoms with Crippen molar-refractivity contribution in [1.29, 1.82) is 0 Å². The Morgan fingerprint density at radius 1 is 1.24 bits per heavy atom. The molecule has 1 heterocycles. The van der Waals surface area contributed by atoms with E-state index >= 15 is 0 Å². The molecule has 2 aromatic rings. The van der Waals surface area contributed by atoms with E-state index in [-0.39, 0.29) is 11.6 Å². The lowest BCUT2D eigenvalue weighted by Crippen LogP contribution is -2.27. The van der Waals surface area contributed by atoms with Crippen LogP contribution in [0.2, 0.25) is 0 Å². The van der Waals surface area contributed by atoms with Gasteiger partial charge in [0.15, 0.2) is 0 Å². The topological polar surface area (TPSA) is 63.2 Å². The molecule has 0 bridgehead atoms. The maximum absolute atomic E-state index is 11.9. The number of carbonyl (C=O) groups is 1. The van der Waals surface area contributed by atoms with Crippen LogP contribution in [0.15, 0.2) is 60.9 Å². The number of hydrogen-bond donors (Lipinski definition) is 2. The van der Waals surface area contributed by atoms with Gasteiger partial charge in [-0.1, -0.05) is 12.6 Å². The van der Waals surface area contributed by atoms with E-state index in [0.717, 1.165) is 17.1 Å². The molecule has 2 N–H and O–H groups in total. The maximum Gasteiger partial charge on any atom is 0.267 e. The van der Waals surface area contributed by atoms with Crippen molar-refractivity contribution in [3.63, 3.8) is 0 Å². The SMILES string of the molecule is C=C(Nc1ccc(OC)cc1)C(=O)NCc1ccccn1. The normalized spacial score (nSPS) is 9.76. The first-order valence-corrected chi connectivity index (χ1v) is 6.47. The van der Waals surface area contributed by atoms with Crippen molar-refractivity contribution < 1.29 is 9.53 Å². The fraction of sp³-hybridized carbons (Fsp3) is 0.125. The van der Waals surface area contributed by atoms with Gasteiger partial charge in [0, 0.05) is 11.9 Å². The lowest BCUT2D eigenvalue weighted by Gasteiger charge is -2.10. The summed E-state index contributed by atoms with van der Waals surface area (Å²) in [6, 6.07) is 12.8. The van der Waals surface area contributed by atoms with Crippen molar-refractivity contribution in [1.82, 2.24) is 10.3 Å². The van der Waals surface area contributed by atoms with Crippen molar-refractivity contribution in [3.05, 3.63) is 66.6 Å². The number of anilines is 1. The van der Waals surface area contributed by atoms with Gasteiger partial charge < -0.3 is 15.4 Å². The summed E-state index contributed by atoms with van der Waals surface area (Å²) in [5.74, 6) is 0.488. The minimum atomic E-state index is -0.267. The number of nitrogens with zero attached hydrogens (tertiary/aromatic N) is 1. The molecule has 5 heteroatoms. The molecule has 0 saturated carbocycles. The first-order chi connectivity index (χ1) is 10.2. The smallest absolute Gasteiger partial charge is 0.267 e. The quantitative estimate of drug-likeness (QED) is 0.799. The number of pyridine rings is 1. The Kier molecular flexibility index (Phi) is 4.93. The third kappa shape index (κ3) is 4.35. The number of amides is 1. The highest BCUT2D eigenvalue weighted by atomic mass is 16.5. The summed E-state index contributed by atoms with van der Waals surface area (Å²) < 4.78 is 5.07. The monoisotopic (exact) mass is 283 g/mol. The van der Waals surface area contributed by atoms with Crippen molar-refractivity contribution in [2.75, 3.05) is 12.4 Å². The second kappa shape index (κ2) is 7.09. The summed E-state index contributed by atoms with van der Waals surface area (Å²) in [5.41, 5.74) is 1.84. The Morgan fingerprint density at radius 2 is 2.00 bits per heavy atom. The number of hydrogen-bond acceptors (Lipinski definition) is 4. The third-order valence-corrected chi connectivity index (χ3v) is 2.82. The summed E-state index contributed by atoms with van der Waals surface area (Å²) >= 11 is 0. The molecule has 1 aromatic carbocycles. The van der Waals surface area contributed by atoms with Gasteiger partial charge in [-0.3, -0.25) is 9.78 Å². The van der Waals surface area contributed by atoms with Gasteiger partial charge >= 0.3 is 0 Å². The molecule has 0 radical (unpaired) electrons. The first-order valence-electron chi connectivity index (χ1n) is 6.47. The van der Waals surface area contributed by atoms with Gasteiger partial charge in [0.25, 0.3) is 5.91 Å². The Balaban J connectivity index is 1.86. The molecule has 0 fully saturated rings. The van der Waals surface area contributed by atoms with Gasteiger partial charge in [-0.05, 0) is 36.4 Å². The summed E-state index contributed by atoms with van der Waals surface area (Å²) in [5, 5.41) is 5.70. The van der Waals surface area contributed by atoms with Gasteiger partial charge in [-0.25, -0.2) is 0 Å². The number of carbonyl (C=O) groups excluding carboxylic acids is 1. The fourth-order valence-electron chi connectivity index (χ4n) is 1.69. The number of rotatable bonds is 6. The van der Waals surface area contributed by atoms with Gasteiger partial charge in [0.1, 0.15) is 5.75 Å². The fourth-order valence-corrected chi connectivity index (χ4v) is 1.69. The molecular weight excluding hydrogens is 266 g/mol. The second-order valence-corrected chi connectivity index (χ2v) is 4.34. The molecule has 0 spiro atoms. The van der Waals surface area contributed by atoms with Crippen LogP contribution in [0.1, 0.15) is 5.69 Å². The Labute approximate surface area is 123 Å². The molecule has 21 heavy (non-hydrogen) atoms. The Hall–Kier alpha value is -2.82. The van der Waals surface area contributed by atoms with Gasteiger partial charge in [-0.2, -0.15) is 0 Å². The molecule has 0 aliphatic carbocycles. The van der Waals surface area contributed by atoms with Gasteiger partial charge in [0.05, 0.1) is 25.0 Å². The molecule has 0 unspecified atom stereocenters. The zero-order valence-electron chi connectivity index (χ0n) is 11.8. The number of aromatic nitrogens is 1. The van der Waals surface area contributed by atoms with Crippen LogP contribution in [0.3, 0.4) is 0 Å². The highest BCUT2D eigenvalue weighted by Crippen LogP contribution is 2.16. The highest BCUT2D eigenvalue weighted by molar-refractivity contribution is 5.95.